The molecule has 0 radical (unpaired) electrons. The molecule has 0 aromatic heterocycles. The third-order valence-electron chi connectivity index (χ3n) is 3.88. The highest BCUT2D eigenvalue weighted by Crippen LogP contribution is 2.27. The third-order valence-corrected chi connectivity index (χ3v) is 4.13. The van der Waals surface area contributed by atoms with Crippen molar-refractivity contribution in [2.45, 2.75) is 33.2 Å². The van der Waals surface area contributed by atoms with E-state index in [0.29, 0.717) is 6.04 Å². The number of aliphatic hydroxyl groups is 1. The zero-order valence-electron chi connectivity index (χ0n) is 11.8. The Bertz CT molecular complexity index is 359. The molecule has 1 aromatic rings. The zero-order valence-corrected chi connectivity index (χ0v) is 12.5. The summed E-state index contributed by atoms with van der Waals surface area (Å²) in [6.45, 7) is 7.52. The lowest BCUT2D eigenvalue weighted by Crippen LogP contribution is -2.37. The van der Waals surface area contributed by atoms with Gasteiger partial charge in [0.1, 0.15) is 0 Å². The van der Waals surface area contributed by atoms with E-state index < -0.39 is 0 Å². The monoisotopic (exact) mass is 269 g/mol. The van der Waals surface area contributed by atoms with E-state index in [-0.39, 0.29) is 12.0 Å². The molecular weight excluding hydrogens is 246 g/mol. The van der Waals surface area contributed by atoms with Crippen LogP contribution in [0, 0.1) is 5.41 Å². The quantitative estimate of drug-likeness (QED) is 0.850. The average Bonchev–Trinajstić information content (AvgIpc) is 2.38. The van der Waals surface area contributed by atoms with Gasteiger partial charge in [-0.25, -0.2) is 0 Å². The number of hydrogen-bond donors (Lipinski definition) is 1. The number of hydrogen-bond acceptors (Lipinski definition) is 2. The van der Waals surface area contributed by atoms with Crippen molar-refractivity contribution in [1.82, 2.24) is 4.90 Å². The molecule has 2 unspecified atom stereocenters. The largest absolute Gasteiger partial charge is 0.396 e. The maximum absolute atomic E-state index is 9.48. The Balaban J connectivity index is 2.72. The minimum absolute atomic E-state index is 0.0323. The summed E-state index contributed by atoms with van der Waals surface area (Å²) in [5.74, 6) is 0. The van der Waals surface area contributed by atoms with E-state index in [1.807, 2.05) is 12.1 Å². The zero-order chi connectivity index (χ0) is 13.8. The maximum Gasteiger partial charge on any atom is 0.0496 e. The van der Waals surface area contributed by atoms with Gasteiger partial charge in [-0.15, -0.1) is 0 Å². The summed E-state index contributed by atoms with van der Waals surface area (Å²) in [6.07, 6.45) is 0.973. The molecule has 0 spiro atoms. The van der Waals surface area contributed by atoms with Crippen molar-refractivity contribution >= 4 is 11.6 Å². The van der Waals surface area contributed by atoms with Crippen LogP contribution in [0.15, 0.2) is 24.3 Å². The lowest BCUT2D eigenvalue weighted by molar-refractivity contribution is 0.0807. The van der Waals surface area contributed by atoms with Gasteiger partial charge in [-0.2, -0.15) is 0 Å². The van der Waals surface area contributed by atoms with Crippen LogP contribution >= 0.6 is 11.6 Å². The van der Waals surface area contributed by atoms with Crippen LogP contribution in [0.5, 0.6) is 0 Å². The molecule has 1 N–H and O–H groups in total. The summed E-state index contributed by atoms with van der Waals surface area (Å²) in [7, 11) is 2.10. The molecule has 2 atom stereocenters. The average molecular weight is 270 g/mol. The van der Waals surface area contributed by atoms with E-state index in [1.54, 1.807) is 0 Å². The van der Waals surface area contributed by atoms with Gasteiger partial charge >= 0.3 is 0 Å². The second-order valence-corrected chi connectivity index (χ2v) is 5.90. The van der Waals surface area contributed by atoms with Gasteiger partial charge in [-0.3, -0.25) is 4.90 Å². The Labute approximate surface area is 116 Å². The van der Waals surface area contributed by atoms with E-state index in [1.165, 1.54) is 5.56 Å². The fraction of sp³-hybridized carbons (Fsp3) is 0.600. The molecule has 18 heavy (non-hydrogen) atoms. The van der Waals surface area contributed by atoms with Crippen LogP contribution < -0.4 is 0 Å². The van der Waals surface area contributed by atoms with Gasteiger partial charge in [0.15, 0.2) is 0 Å². The highest BCUT2D eigenvalue weighted by atomic mass is 35.5. The predicted molar refractivity (Wildman–Crippen MR) is 78.0 cm³/mol. The second kappa shape index (κ2) is 6.55. The maximum atomic E-state index is 9.48. The molecule has 1 rings (SSSR count). The molecule has 0 saturated carbocycles. The molecule has 0 bridgehead atoms. The van der Waals surface area contributed by atoms with Crippen molar-refractivity contribution < 1.29 is 5.11 Å². The first-order valence-corrected chi connectivity index (χ1v) is 6.86. The van der Waals surface area contributed by atoms with E-state index in [2.05, 4.69) is 44.9 Å². The molecule has 0 aliphatic carbocycles. The van der Waals surface area contributed by atoms with Crippen molar-refractivity contribution in [3.05, 3.63) is 34.9 Å². The fourth-order valence-electron chi connectivity index (χ4n) is 2.01. The van der Waals surface area contributed by atoms with Crippen LogP contribution in [0.1, 0.15) is 38.8 Å². The Morgan fingerprint density at radius 3 is 2.33 bits per heavy atom. The molecular formula is C15H24ClNO. The Hall–Kier alpha value is -0.570. The van der Waals surface area contributed by atoms with Crippen molar-refractivity contribution in [1.29, 1.82) is 0 Å². The third kappa shape index (κ3) is 3.98. The van der Waals surface area contributed by atoms with Crippen LogP contribution in [-0.4, -0.2) is 30.2 Å². The first-order valence-electron chi connectivity index (χ1n) is 6.48. The molecule has 0 heterocycles. The summed E-state index contributed by atoms with van der Waals surface area (Å²) >= 11 is 5.90. The smallest absolute Gasteiger partial charge is 0.0496 e. The second-order valence-electron chi connectivity index (χ2n) is 5.46. The topological polar surface area (TPSA) is 23.5 Å². The summed E-state index contributed by atoms with van der Waals surface area (Å²) in [5.41, 5.74) is 1.22. The molecule has 0 aliphatic rings. The highest BCUT2D eigenvalue weighted by molar-refractivity contribution is 6.30. The lowest BCUT2D eigenvalue weighted by Gasteiger charge is -2.34. The molecule has 0 fully saturated rings. The minimum Gasteiger partial charge on any atom is -0.396 e. The Morgan fingerprint density at radius 2 is 1.89 bits per heavy atom. The molecule has 102 valence electrons. The van der Waals surface area contributed by atoms with Crippen molar-refractivity contribution in [2.24, 2.45) is 5.41 Å². The van der Waals surface area contributed by atoms with Crippen molar-refractivity contribution in [2.75, 3.05) is 20.2 Å². The van der Waals surface area contributed by atoms with E-state index >= 15 is 0 Å². The van der Waals surface area contributed by atoms with Crippen LogP contribution in [0.25, 0.3) is 0 Å². The van der Waals surface area contributed by atoms with Gasteiger partial charge in [0, 0.05) is 29.6 Å². The van der Waals surface area contributed by atoms with E-state index in [0.717, 1.165) is 18.0 Å². The summed E-state index contributed by atoms with van der Waals surface area (Å²) in [4.78, 5) is 2.28. The number of benzene rings is 1. The van der Waals surface area contributed by atoms with Crippen molar-refractivity contribution in [3.8, 4) is 0 Å². The molecule has 0 aliphatic heterocycles. The highest BCUT2D eigenvalue weighted by Gasteiger charge is 2.25. The summed E-state index contributed by atoms with van der Waals surface area (Å²) in [6, 6.07) is 8.29. The molecule has 0 amide bonds. The number of nitrogens with zero attached hydrogens (tertiary/aromatic N) is 1. The molecule has 1 aromatic carbocycles. The van der Waals surface area contributed by atoms with Gasteiger partial charge in [-0.1, -0.05) is 37.6 Å². The SMILES string of the molecule is CCC(C)(CO)CN(C)C(C)c1ccc(Cl)cc1. The first kappa shape index (κ1) is 15.5. The normalized spacial score (nSPS) is 16.6. The Morgan fingerprint density at radius 1 is 1.33 bits per heavy atom. The summed E-state index contributed by atoms with van der Waals surface area (Å²) < 4.78 is 0. The van der Waals surface area contributed by atoms with Crippen LogP contribution in [-0.2, 0) is 0 Å². The predicted octanol–water partition coefficient (Wildman–Crippen LogP) is 3.74. The molecule has 3 heteroatoms. The van der Waals surface area contributed by atoms with Crippen LogP contribution in [0.2, 0.25) is 5.02 Å². The molecule has 2 nitrogen and oxygen atoms in total. The van der Waals surface area contributed by atoms with Gasteiger partial charge < -0.3 is 5.11 Å². The number of halogens is 1. The van der Waals surface area contributed by atoms with Gasteiger partial charge in [0.25, 0.3) is 0 Å². The first-order chi connectivity index (χ1) is 8.41. The minimum atomic E-state index is -0.0323. The fourth-order valence-corrected chi connectivity index (χ4v) is 2.13. The summed E-state index contributed by atoms with van der Waals surface area (Å²) in [5, 5.41) is 10.2. The Kier molecular flexibility index (Phi) is 5.64. The van der Waals surface area contributed by atoms with Crippen molar-refractivity contribution in [3.63, 3.8) is 0 Å². The standard InChI is InChI=1S/C15H24ClNO/c1-5-15(3,11-18)10-17(4)12(2)13-6-8-14(16)9-7-13/h6-9,12,18H,5,10-11H2,1-4H3. The van der Waals surface area contributed by atoms with Gasteiger partial charge in [0.05, 0.1) is 0 Å². The van der Waals surface area contributed by atoms with Crippen LogP contribution in [0.3, 0.4) is 0 Å². The lowest BCUT2D eigenvalue weighted by atomic mass is 9.87. The molecule has 0 saturated heterocycles. The number of rotatable bonds is 6. The van der Waals surface area contributed by atoms with E-state index in [9.17, 15) is 5.11 Å². The number of aliphatic hydroxyl groups excluding tert-OH is 1. The van der Waals surface area contributed by atoms with Gasteiger partial charge in [-0.05, 0) is 38.1 Å². The van der Waals surface area contributed by atoms with Gasteiger partial charge in [0.2, 0.25) is 0 Å². The van der Waals surface area contributed by atoms with Crippen LogP contribution in [0.4, 0.5) is 0 Å². The van der Waals surface area contributed by atoms with E-state index in [4.69, 9.17) is 11.6 Å².